The first-order chi connectivity index (χ1) is 13.4. The summed E-state index contributed by atoms with van der Waals surface area (Å²) in [5, 5.41) is 12.5. The molecule has 0 aliphatic rings. The van der Waals surface area contributed by atoms with Gasteiger partial charge in [-0.05, 0) is 43.2 Å². The average Bonchev–Trinajstić information content (AvgIpc) is 3.21. The van der Waals surface area contributed by atoms with Crippen molar-refractivity contribution in [3.05, 3.63) is 71.2 Å². The number of aryl methyl sites for hydroxylation is 2. The number of rotatable bonds is 8. The average molecular weight is 419 g/mol. The summed E-state index contributed by atoms with van der Waals surface area (Å²) in [5.41, 5.74) is 2.00. The van der Waals surface area contributed by atoms with E-state index in [0.29, 0.717) is 10.9 Å². The molecule has 0 saturated carbocycles. The van der Waals surface area contributed by atoms with Crippen LogP contribution in [0.5, 0.6) is 5.75 Å². The van der Waals surface area contributed by atoms with E-state index in [1.54, 1.807) is 23.6 Å². The predicted molar refractivity (Wildman–Crippen MR) is 111 cm³/mol. The minimum atomic E-state index is -3.85. The van der Waals surface area contributed by atoms with Gasteiger partial charge in [-0.15, -0.1) is 11.3 Å². The molecule has 0 fully saturated rings. The van der Waals surface area contributed by atoms with Crippen molar-refractivity contribution in [2.75, 3.05) is 17.5 Å². The fourth-order valence-electron chi connectivity index (χ4n) is 2.63. The van der Waals surface area contributed by atoms with E-state index in [2.05, 4.69) is 4.98 Å². The number of aromatic nitrogens is 1. The van der Waals surface area contributed by atoms with Gasteiger partial charge in [0.1, 0.15) is 18.5 Å². The van der Waals surface area contributed by atoms with Crippen molar-refractivity contribution in [3.63, 3.8) is 0 Å². The lowest BCUT2D eigenvalue weighted by Gasteiger charge is -2.24. The first kappa shape index (κ1) is 20.3. The standard InChI is InChI=1S/C20H22N2O4S2/c1-15-8-9-16(2)19(12-15)26-14-17(23)13-22(20-21-10-11-27-20)28(24,25)18-6-4-3-5-7-18/h3-12,17,23H,13-14H2,1-2H3/t17-/m1/s1. The zero-order chi connectivity index (χ0) is 20.1. The Balaban J connectivity index is 1.78. The molecule has 0 unspecified atom stereocenters. The van der Waals surface area contributed by atoms with Gasteiger partial charge in [-0.2, -0.15) is 0 Å². The Morgan fingerprint density at radius 3 is 2.61 bits per heavy atom. The molecule has 148 valence electrons. The molecule has 1 atom stereocenters. The SMILES string of the molecule is Cc1ccc(C)c(OC[C@H](O)CN(c2nccs2)S(=O)(=O)c2ccccc2)c1. The Kier molecular flexibility index (Phi) is 6.33. The molecular weight excluding hydrogens is 396 g/mol. The highest BCUT2D eigenvalue weighted by Crippen LogP contribution is 2.26. The molecule has 1 heterocycles. The molecule has 0 aliphatic carbocycles. The van der Waals surface area contributed by atoms with Gasteiger partial charge in [-0.3, -0.25) is 0 Å². The minimum Gasteiger partial charge on any atom is -0.491 e. The van der Waals surface area contributed by atoms with Gasteiger partial charge in [0.05, 0.1) is 11.4 Å². The Labute approximate surface area is 169 Å². The third-order valence-electron chi connectivity index (χ3n) is 4.12. The molecule has 0 spiro atoms. The Hall–Kier alpha value is -2.42. The molecule has 0 saturated heterocycles. The summed E-state index contributed by atoms with van der Waals surface area (Å²) >= 11 is 1.20. The van der Waals surface area contributed by atoms with E-state index in [1.165, 1.54) is 29.7 Å². The Morgan fingerprint density at radius 1 is 1.18 bits per heavy atom. The van der Waals surface area contributed by atoms with Gasteiger partial charge in [0.2, 0.25) is 0 Å². The highest BCUT2D eigenvalue weighted by molar-refractivity contribution is 7.93. The van der Waals surface area contributed by atoms with Gasteiger partial charge in [-0.25, -0.2) is 17.7 Å². The van der Waals surface area contributed by atoms with Crippen LogP contribution in [0.15, 0.2) is 65.0 Å². The molecule has 28 heavy (non-hydrogen) atoms. The second-order valence-corrected chi connectivity index (χ2v) is 9.13. The number of aliphatic hydroxyl groups is 1. The molecule has 1 N–H and O–H groups in total. The molecule has 0 radical (unpaired) electrons. The minimum absolute atomic E-state index is 0.0313. The summed E-state index contributed by atoms with van der Waals surface area (Å²) in [4.78, 5) is 4.26. The van der Waals surface area contributed by atoms with Crippen LogP contribution in [0.2, 0.25) is 0 Å². The second-order valence-electron chi connectivity index (χ2n) is 6.40. The van der Waals surface area contributed by atoms with Gasteiger partial charge in [0.15, 0.2) is 5.13 Å². The van der Waals surface area contributed by atoms with Crippen molar-refractivity contribution in [1.82, 2.24) is 4.98 Å². The highest BCUT2D eigenvalue weighted by Gasteiger charge is 2.29. The number of hydrogen-bond acceptors (Lipinski definition) is 6. The van der Waals surface area contributed by atoms with Crippen molar-refractivity contribution in [2.24, 2.45) is 0 Å². The van der Waals surface area contributed by atoms with E-state index >= 15 is 0 Å². The number of hydrogen-bond donors (Lipinski definition) is 1. The summed E-state index contributed by atoms with van der Waals surface area (Å²) in [5.74, 6) is 0.672. The van der Waals surface area contributed by atoms with Crippen LogP contribution < -0.4 is 9.04 Å². The normalized spacial score (nSPS) is 12.5. The molecule has 2 aromatic carbocycles. The number of ether oxygens (including phenoxy) is 1. The lowest BCUT2D eigenvalue weighted by Crippen LogP contribution is -2.39. The van der Waals surface area contributed by atoms with Crippen molar-refractivity contribution in [2.45, 2.75) is 24.8 Å². The Morgan fingerprint density at radius 2 is 1.93 bits per heavy atom. The van der Waals surface area contributed by atoms with Crippen LogP contribution in [0.4, 0.5) is 5.13 Å². The van der Waals surface area contributed by atoms with Gasteiger partial charge in [-0.1, -0.05) is 30.3 Å². The quantitative estimate of drug-likeness (QED) is 0.607. The van der Waals surface area contributed by atoms with Crippen LogP contribution in [0.25, 0.3) is 0 Å². The van der Waals surface area contributed by atoms with Crippen molar-refractivity contribution < 1.29 is 18.3 Å². The summed E-state index contributed by atoms with van der Waals surface area (Å²) in [6.07, 6.45) is 0.509. The van der Waals surface area contributed by atoms with Crippen molar-refractivity contribution in [3.8, 4) is 5.75 Å². The number of sulfonamides is 1. The summed E-state index contributed by atoms with van der Waals surface area (Å²) in [7, 11) is -3.85. The van der Waals surface area contributed by atoms with Gasteiger partial charge < -0.3 is 9.84 Å². The van der Waals surface area contributed by atoms with Crippen LogP contribution in [-0.4, -0.2) is 37.8 Å². The Bertz CT molecular complexity index is 1010. The van der Waals surface area contributed by atoms with Gasteiger partial charge in [0.25, 0.3) is 10.0 Å². The van der Waals surface area contributed by atoms with Crippen LogP contribution in [0, 0.1) is 13.8 Å². The maximum absolute atomic E-state index is 13.1. The lowest BCUT2D eigenvalue weighted by atomic mass is 10.1. The van der Waals surface area contributed by atoms with Crippen molar-refractivity contribution in [1.29, 1.82) is 0 Å². The molecule has 1 aromatic heterocycles. The predicted octanol–water partition coefficient (Wildman–Crippen LogP) is 3.40. The first-order valence-electron chi connectivity index (χ1n) is 8.73. The lowest BCUT2D eigenvalue weighted by molar-refractivity contribution is 0.114. The smallest absolute Gasteiger partial charge is 0.266 e. The fraction of sp³-hybridized carbons (Fsp3) is 0.250. The number of nitrogens with zero attached hydrogens (tertiary/aromatic N) is 2. The molecular formula is C20H22N2O4S2. The van der Waals surface area contributed by atoms with Crippen LogP contribution in [-0.2, 0) is 10.0 Å². The van der Waals surface area contributed by atoms with E-state index in [-0.39, 0.29) is 18.0 Å². The van der Waals surface area contributed by atoms with Crippen LogP contribution in [0.1, 0.15) is 11.1 Å². The third-order valence-corrected chi connectivity index (χ3v) is 6.80. The van der Waals surface area contributed by atoms with E-state index in [4.69, 9.17) is 4.74 Å². The number of benzene rings is 2. The molecule has 3 aromatic rings. The largest absolute Gasteiger partial charge is 0.491 e. The maximum atomic E-state index is 13.1. The van der Waals surface area contributed by atoms with Gasteiger partial charge >= 0.3 is 0 Å². The first-order valence-corrected chi connectivity index (χ1v) is 11.1. The molecule has 0 aliphatic heterocycles. The van der Waals surface area contributed by atoms with Gasteiger partial charge in [0, 0.05) is 11.6 Å². The number of aliphatic hydroxyl groups excluding tert-OH is 1. The van der Waals surface area contributed by atoms with E-state index in [9.17, 15) is 13.5 Å². The topological polar surface area (TPSA) is 79.7 Å². The van der Waals surface area contributed by atoms with E-state index in [1.807, 2.05) is 32.0 Å². The number of thiazole rings is 1. The third kappa shape index (κ3) is 4.70. The zero-order valence-electron chi connectivity index (χ0n) is 15.6. The number of anilines is 1. The molecule has 6 nitrogen and oxygen atoms in total. The van der Waals surface area contributed by atoms with E-state index < -0.39 is 16.1 Å². The summed E-state index contributed by atoms with van der Waals surface area (Å²) in [6, 6.07) is 13.9. The zero-order valence-corrected chi connectivity index (χ0v) is 17.3. The molecule has 0 bridgehead atoms. The monoisotopic (exact) mass is 418 g/mol. The molecule has 8 heteroatoms. The summed E-state index contributed by atoms with van der Waals surface area (Å²) in [6.45, 7) is 3.69. The fourth-order valence-corrected chi connectivity index (χ4v) is 4.99. The molecule has 0 amide bonds. The highest BCUT2D eigenvalue weighted by atomic mass is 32.2. The second kappa shape index (κ2) is 8.72. The van der Waals surface area contributed by atoms with Crippen LogP contribution >= 0.6 is 11.3 Å². The summed E-state index contributed by atoms with van der Waals surface area (Å²) < 4.78 is 33.0. The van der Waals surface area contributed by atoms with E-state index in [0.717, 1.165) is 15.4 Å². The maximum Gasteiger partial charge on any atom is 0.266 e. The van der Waals surface area contributed by atoms with Crippen LogP contribution in [0.3, 0.4) is 0 Å². The van der Waals surface area contributed by atoms with Crippen molar-refractivity contribution >= 4 is 26.5 Å². The molecule has 3 rings (SSSR count).